The number of nitrogens with one attached hydrogen (secondary N) is 1. The summed E-state index contributed by atoms with van der Waals surface area (Å²) >= 11 is 0. The Labute approximate surface area is 101 Å². The Kier molecular flexibility index (Phi) is 3.38. The van der Waals surface area contributed by atoms with Crippen molar-refractivity contribution in [2.75, 3.05) is 12.4 Å². The molecule has 1 atom stereocenters. The first-order chi connectivity index (χ1) is 8.19. The molecule has 1 unspecified atom stereocenters. The van der Waals surface area contributed by atoms with E-state index in [0.29, 0.717) is 0 Å². The summed E-state index contributed by atoms with van der Waals surface area (Å²) in [5.41, 5.74) is 1.05. The van der Waals surface area contributed by atoms with E-state index in [1.54, 1.807) is 7.11 Å². The SMILES string of the molecule is COc1ccc(NC(C)c2ccc(C)o2)cc1. The summed E-state index contributed by atoms with van der Waals surface area (Å²) in [5.74, 6) is 2.73. The second-order valence-corrected chi connectivity index (χ2v) is 4.04. The number of hydrogen-bond donors (Lipinski definition) is 1. The molecule has 17 heavy (non-hydrogen) atoms. The number of rotatable bonds is 4. The van der Waals surface area contributed by atoms with Gasteiger partial charge in [-0.3, -0.25) is 0 Å². The molecule has 0 radical (unpaired) electrons. The average Bonchev–Trinajstić information content (AvgIpc) is 2.77. The van der Waals surface area contributed by atoms with Gasteiger partial charge in [-0.25, -0.2) is 0 Å². The van der Waals surface area contributed by atoms with Crippen LogP contribution in [0.5, 0.6) is 5.75 Å². The lowest BCUT2D eigenvalue weighted by atomic mass is 10.2. The maximum Gasteiger partial charge on any atom is 0.126 e. The minimum absolute atomic E-state index is 0.150. The van der Waals surface area contributed by atoms with Gasteiger partial charge in [0.1, 0.15) is 17.3 Å². The van der Waals surface area contributed by atoms with E-state index < -0.39 is 0 Å². The fourth-order valence-electron chi connectivity index (χ4n) is 1.69. The first kappa shape index (κ1) is 11.6. The van der Waals surface area contributed by atoms with Gasteiger partial charge in [-0.1, -0.05) is 0 Å². The standard InChI is InChI=1S/C14H17NO2/c1-10-4-9-14(17-10)11(2)15-12-5-7-13(16-3)8-6-12/h4-9,11,15H,1-3H3. The molecular formula is C14H17NO2. The molecule has 1 aromatic carbocycles. The van der Waals surface area contributed by atoms with Crippen LogP contribution in [0.3, 0.4) is 0 Å². The first-order valence-electron chi connectivity index (χ1n) is 5.66. The highest BCUT2D eigenvalue weighted by Gasteiger charge is 2.08. The summed E-state index contributed by atoms with van der Waals surface area (Å²) in [7, 11) is 1.66. The highest BCUT2D eigenvalue weighted by atomic mass is 16.5. The van der Waals surface area contributed by atoms with Crippen LogP contribution in [-0.4, -0.2) is 7.11 Å². The van der Waals surface area contributed by atoms with E-state index >= 15 is 0 Å². The second-order valence-electron chi connectivity index (χ2n) is 4.04. The third kappa shape index (κ3) is 2.81. The van der Waals surface area contributed by atoms with Gasteiger partial charge in [-0.15, -0.1) is 0 Å². The Morgan fingerprint density at radius 3 is 2.35 bits per heavy atom. The lowest BCUT2D eigenvalue weighted by molar-refractivity contribution is 0.415. The molecule has 0 saturated carbocycles. The molecule has 3 heteroatoms. The van der Waals surface area contributed by atoms with E-state index in [4.69, 9.17) is 9.15 Å². The molecule has 1 N–H and O–H groups in total. The zero-order valence-corrected chi connectivity index (χ0v) is 10.4. The highest BCUT2D eigenvalue weighted by molar-refractivity contribution is 5.47. The predicted octanol–water partition coefficient (Wildman–Crippen LogP) is 3.77. The van der Waals surface area contributed by atoms with Gasteiger partial charge in [0.25, 0.3) is 0 Å². The van der Waals surface area contributed by atoms with Crippen molar-refractivity contribution < 1.29 is 9.15 Å². The van der Waals surface area contributed by atoms with Crippen molar-refractivity contribution >= 4 is 5.69 Å². The molecule has 0 fully saturated rings. The minimum Gasteiger partial charge on any atom is -0.497 e. The van der Waals surface area contributed by atoms with Crippen molar-refractivity contribution in [1.29, 1.82) is 0 Å². The van der Waals surface area contributed by atoms with Gasteiger partial charge >= 0.3 is 0 Å². The van der Waals surface area contributed by atoms with E-state index in [1.807, 2.05) is 43.3 Å². The number of ether oxygens (including phenoxy) is 1. The summed E-state index contributed by atoms with van der Waals surface area (Å²) in [6.07, 6.45) is 0. The smallest absolute Gasteiger partial charge is 0.126 e. The van der Waals surface area contributed by atoms with Crippen LogP contribution in [0.1, 0.15) is 24.5 Å². The van der Waals surface area contributed by atoms with Gasteiger partial charge in [0, 0.05) is 5.69 Å². The molecule has 0 aliphatic carbocycles. The van der Waals surface area contributed by atoms with Crippen molar-refractivity contribution in [2.45, 2.75) is 19.9 Å². The quantitative estimate of drug-likeness (QED) is 0.869. The van der Waals surface area contributed by atoms with Gasteiger partial charge in [0.05, 0.1) is 13.2 Å². The van der Waals surface area contributed by atoms with Crippen LogP contribution in [0, 0.1) is 6.92 Å². The summed E-state index contributed by atoms with van der Waals surface area (Å²) in [4.78, 5) is 0. The molecule has 2 aromatic rings. The lowest BCUT2D eigenvalue weighted by Crippen LogP contribution is -2.05. The number of hydrogen-bond acceptors (Lipinski definition) is 3. The van der Waals surface area contributed by atoms with Crippen molar-refractivity contribution in [1.82, 2.24) is 0 Å². The Bertz CT molecular complexity index is 473. The van der Waals surface area contributed by atoms with Crippen LogP contribution in [-0.2, 0) is 0 Å². The van der Waals surface area contributed by atoms with E-state index in [2.05, 4.69) is 12.2 Å². The van der Waals surface area contributed by atoms with E-state index in [9.17, 15) is 0 Å². The summed E-state index contributed by atoms with van der Waals surface area (Å²) < 4.78 is 10.7. The van der Waals surface area contributed by atoms with E-state index in [0.717, 1.165) is 23.0 Å². The van der Waals surface area contributed by atoms with Crippen molar-refractivity contribution in [3.8, 4) is 5.75 Å². The Morgan fingerprint density at radius 1 is 1.12 bits per heavy atom. The third-order valence-electron chi connectivity index (χ3n) is 2.66. The van der Waals surface area contributed by atoms with Crippen LogP contribution in [0.25, 0.3) is 0 Å². The second kappa shape index (κ2) is 4.95. The number of anilines is 1. The molecule has 2 rings (SSSR count). The molecule has 1 aromatic heterocycles. The molecular weight excluding hydrogens is 214 g/mol. The molecule has 3 nitrogen and oxygen atoms in total. The van der Waals surface area contributed by atoms with E-state index in [-0.39, 0.29) is 6.04 Å². The van der Waals surface area contributed by atoms with Gasteiger partial charge in [-0.2, -0.15) is 0 Å². The molecule has 0 amide bonds. The lowest BCUT2D eigenvalue weighted by Gasteiger charge is -2.13. The largest absolute Gasteiger partial charge is 0.497 e. The van der Waals surface area contributed by atoms with Crippen LogP contribution in [0.15, 0.2) is 40.8 Å². The molecule has 0 saturated heterocycles. The minimum atomic E-state index is 0.150. The number of aryl methyl sites for hydroxylation is 1. The number of benzene rings is 1. The van der Waals surface area contributed by atoms with Gasteiger partial charge < -0.3 is 14.5 Å². The van der Waals surface area contributed by atoms with Crippen molar-refractivity contribution in [3.63, 3.8) is 0 Å². The van der Waals surface area contributed by atoms with Crippen molar-refractivity contribution in [2.24, 2.45) is 0 Å². The summed E-state index contributed by atoms with van der Waals surface area (Å²) in [6.45, 7) is 4.02. The fourth-order valence-corrected chi connectivity index (χ4v) is 1.69. The number of methoxy groups -OCH3 is 1. The molecule has 0 bridgehead atoms. The van der Waals surface area contributed by atoms with Crippen LogP contribution < -0.4 is 10.1 Å². The number of furan rings is 1. The molecule has 90 valence electrons. The fraction of sp³-hybridized carbons (Fsp3) is 0.286. The van der Waals surface area contributed by atoms with Crippen molar-refractivity contribution in [3.05, 3.63) is 47.9 Å². The summed E-state index contributed by atoms with van der Waals surface area (Å²) in [6, 6.07) is 12.0. The van der Waals surface area contributed by atoms with E-state index in [1.165, 1.54) is 0 Å². The topological polar surface area (TPSA) is 34.4 Å². The zero-order chi connectivity index (χ0) is 12.3. The monoisotopic (exact) mass is 231 g/mol. The third-order valence-corrected chi connectivity index (χ3v) is 2.66. The van der Waals surface area contributed by atoms with Gasteiger partial charge in [0.15, 0.2) is 0 Å². The Hall–Kier alpha value is -1.90. The molecule has 0 aliphatic heterocycles. The molecule has 0 spiro atoms. The maximum atomic E-state index is 5.58. The normalized spacial score (nSPS) is 12.2. The predicted molar refractivity (Wildman–Crippen MR) is 68.5 cm³/mol. The Morgan fingerprint density at radius 2 is 1.82 bits per heavy atom. The first-order valence-corrected chi connectivity index (χ1v) is 5.66. The van der Waals surface area contributed by atoms with Gasteiger partial charge in [-0.05, 0) is 50.2 Å². The van der Waals surface area contributed by atoms with Crippen LogP contribution in [0.4, 0.5) is 5.69 Å². The Balaban J connectivity index is 2.04. The maximum absolute atomic E-state index is 5.58. The highest BCUT2D eigenvalue weighted by Crippen LogP contribution is 2.22. The summed E-state index contributed by atoms with van der Waals surface area (Å²) in [5, 5.41) is 3.37. The van der Waals surface area contributed by atoms with Gasteiger partial charge in [0.2, 0.25) is 0 Å². The van der Waals surface area contributed by atoms with Crippen LogP contribution in [0.2, 0.25) is 0 Å². The zero-order valence-electron chi connectivity index (χ0n) is 10.4. The molecule has 1 heterocycles. The molecule has 0 aliphatic rings. The average molecular weight is 231 g/mol. The van der Waals surface area contributed by atoms with Crippen LogP contribution >= 0.6 is 0 Å².